The topological polar surface area (TPSA) is 239 Å². The average molecular weight is 503 g/mol. The number of fused-ring (bicyclic) bond motifs is 1. The Labute approximate surface area is 174 Å². The number of nitrogen functional groups attached to an aromatic ring is 1. The van der Waals surface area contributed by atoms with Crippen molar-refractivity contribution in [1.29, 1.82) is 0 Å². The first kappa shape index (κ1) is 24.4. The zero-order valence-corrected chi connectivity index (χ0v) is 18.8. The molecule has 1 saturated heterocycles. The van der Waals surface area contributed by atoms with Crippen molar-refractivity contribution >= 4 is 40.4 Å². The lowest BCUT2D eigenvalue weighted by Gasteiger charge is -2.26. The van der Waals surface area contributed by atoms with Gasteiger partial charge in [-0.1, -0.05) is 6.92 Å². The van der Waals surface area contributed by atoms with Crippen molar-refractivity contribution in [2.75, 3.05) is 12.3 Å². The molecule has 0 radical (unpaired) electrons. The van der Waals surface area contributed by atoms with Gasteiger partial charge in [-0.25, -0.2) is 28.6 Å². The third-order valence-electron chi connectivity index (χ3n) is 4.26. The summed E-state index contributed by atoms with van der Waals surface area (Å²) in [5.74, 6) is 0.0351. The van der Waals surface area contributed by atoms with Crippen LogP contribution in [0.4, 0.5) is 5.82 Å². The van der Waals surface area contributed by atoms with Crippen molar-refractivity contribution in [2.45, 2.75) is 32.1 Å². The highest BCUT2D eigenvalue weighted by Crippen LogP contribution is 2.66. The van der Waals surface area contributed by atoms with Crippen LogP contribution in [0.15, 0.2) is 12.7 Å². The van der Waals surface area contributed by atoms with Gasteiger partial charge in [-0.05, 0) is 13.3 Å². The number of anilines is 1. The van der Waals surface area contributed by atoms with Gasteiger partial charge in [-0.2, -0.15) is 8.62 Å². The number of hydrogen-bond acceptors (Lipinski definition) is 11. The Hall–Kier alpha value is -1.28. The number of ether oxygens (including phenoxy) is 1. The van der Waals surface area contributed by atoms with Gasteiger partial charge in [0.25, 0.3) is 0 Å². The molecule has 1 aliphatic rings. The molecule has 2 unspecified atom stereocenters. The number of hydrogen-bond donors (Lipinski definition) is 5. The molecule has 0 saturated carbocycles. The highest BCUT2D eigenvalue weighted by molar-refractivity contribution is 7.66. The number of phosphoric ester groups is 1. The van der Waals surface area contributed by atoms with Gasteiger partial charge >= 0.3 is 23.5 Å². The Morgan fingerprint density at radius 2 is 1.87 bits per heavy atom. The van der Waals surface area contributed by atoms with E-state index in [0.717, 1.165) is 0 Å². The number of nitrogens with two attached hydrogens (primary N) is 1. The molecule has 3 rings (SSSR count). The number of rotatable bonds is 8. The summed E-state index contributed by atoms with van der Waals surface area (Å²) in [6.45, 7) is 2.84. The van der Waals surface area contributed by atoms with E-state index < -0.39 is 41.9 Å². The molecular weight excluding hydrogens is 483 g/mol. The maximum Gasteiger partial charge on any atom is 0.490 e. The molecule has 174 valence electrons. The van der Waals surface area contributed by atoms with Crippen molar-refractivity contribution < 1.29 is 51.2 Å². The molecule has 0 bridgehead atoms. The van der Waals surface area contributed by atoms with Gasteiger partial charge < -0.3 is 30.0 Å². The highest BCUT2D eigenvalue weighted by atomic mass is 31.3. The van der Waals surface area contributed by atoms with Gasteiger partial charge in [0, 0.05) is 5.92 Å². The van der Waals surface area contributed by atoms with Crippen LogP contribution in [-0.2, 0) is 31.6 Å². The van der Waals surface area contributed by atoms with Crippen LogP contribution in [-0.4, -0.2) is 51.3 Å². The molecule has 19 heteroatoms. The molecular formula is C12H20N5O11P3. The van der Waals surface area contributed by atoms with E-state index in [1.54, 1.807) is 11.5 Å². The van der Waals surface area contributed by atoms with Gasteiger partial charge in [-0.3, -0.25) is 9.09 Å². The second-order valence-electron chi connectivity index (χ2n) is 7.09. The zero-order valence-electron chi connectivity index (χ0n) is 16.1. The van der Waals surface area contributed by atoms with Gasteiger partial charge in [0.05, 0.1) is 18.5 Å². The van der Waals surface area contributed by atoms with Crippen LogP contribution in [0.5, 0.6) is 0 Å². The number of aromatic nitrogens is 4. The van der Waals surface area contributed by atoms with E-state index in [2.05, 4.69) is 23.6 Å². The summed E-state index contributed by atoms with van der Waals surface area (Å²) in [5, 5.41) is 0. The predicted octanol–water partition coefficient (Wildman–Crippen LogP) is 1.07. The van der Waals surface area contributed by atoms with E-state index in [-0.39, 0.29) is 11.7 Å². The lowest BCUT2D eigenvalue weighted by molar-refractivity contribution is -0.0883. The summed E-state index contributed by atoms with van der Waals surface area (Å²) in [7, 11) is -16.3. The lowest BCUT2D eigenvalue weighted by Crippen LogP contribution is -2.30. The van der Waals surface area contributed by atoms with Crippen molar-refractivity contribution in [3.8, 4) is 0 Å². The molecule has 0 aromatic carbocycles. The first-order chi connectivity index (χ1) is 14.1. The second kappa shape index (κ2) is 8.25. The van der Waals surface area contributed by atoms with Crippen LogP contribution in [0.25, 0.3) is 11.2 Å². The standard InChI is InChI=1S/C12H20N5O11P3/c1-7-3-12(2,4-25-30(21,22)28-31(23,24)27-29(18,19)20)26-11(7)17-6-16-8-9(13)14-5-15-10(8)17/h5-7,11H,3-4H2,1-2H3,(H,21,22)(H,23,24)(H2,13,14,15)(H2,18,19,20)/t7-,11+,12-/m0/s1. The summed E-state index contributed by atoms with van der Waals surface area (Å²) < 4.78 is 53.8. The van der Waals surface area contributed by atoms with Crippen molar-refractivity contribution in [2.24, 2.45) is 5.92 Å². The Morgan fingerprint density at radius 1 is 1.19 bits per heavy atom. The molecule has 5 atom stereocenters. The molecule has 16 nitrogen and oxygen atoms in total. The Balaban J connectivity index is 1.70. The summed E-state index contributed by atoms with van der Waals surface area (Å²) in [5.41, 5.74) is 5.42. The van der Waals surface area contributed by atoms with Gasteiger partial charge in [0.2, 0.25) is 0 Å². The molecule has 31 heavy (non-hydrogen) atoms. The molecule has 1 aliphatic heterocycles. The van der Waals surface area contributed by atoms with E-state index in [4.69, 9.17) is 24.8 Å². The maximum atomic E-state index is 12.0. The highest BCUT2D eigenvalue weighted by Gasteiger charge is 2.46. The van der Waals surface area contributed by atoms with E-state index >= 15 is 0 Å². The quantitative estimate of drug-likeness (QED) is 0.317. The largest absolute Gasteiger partial charge is 0.490 e. The maximum absolute atomic E-state index is 12.0. The van der Waals surface area contributed by atoms with E-state index in [0.29, 0.717) is 17.6 Å². The minimum absolute atomic E-state index is 0.150. The van der Waals surface area contributed by atoms with Gasteiger partial charge in [0.1, 0.15) is 18.1 Å². The number of phosphoric acid groups is 3. The molecule has 1 fully saturated rings. The molecule has 6 N–H and O–H groups in total. The van der Waals surface area contributed by atoms with Crippen LogP contribution < -0.4 is 5.73 Å². The zero-order chi connectivity index (χ0) is 23.2. The number of nitrogens with zero attached hydrogens (tertiary/aromatic N) is 4. The van der Waals surface area contributed by atoms with Crippen LogP contribution in [0.1, 0.15) is 26.5 Å². The Kier molecular flexibility index (Phi) is 6.48. The minimum atomic E-state index is -5.60. The summed E-state index contributed by atoms with van der Waals surface area (Å²) in [6, 6.07) is 0. The Morgan fingerprint density at radius 3 is 2.52 bits per heavy atom. The average Bonchev–Trinajstić information content (AvgIpc) is 3.12. The summed E-state index contributed by atoms with van der Waals surface area (Å²) >= 11 is 0. The van der Waals surface area contributed by atoms with Crippen molar-refractivity contribution in [3.63, 3.8) is 0 Å². The summed E-state index contributed by atoms with van der Waals surface area (Å²) in [4.78, 5) is 48.1. The first-order valence-electron chi connectivity index (χ1n) is 8.49. The molecule has 3 heterocycles. The Bertz CT molecular complexity index is 1120. The third kappa shape index (κ3) is 5.95. The minimum Gasteiger partial charge on any atom is -0.382 e. The van der Waals surface area contributed by atoms with Crippen LogP contribution in [0.2, 0.25) is 0 Å². The lowest BCUT2D eigenvalue weighted by atomic mass is 9.97. The molecule has 2 aromatic rings. The molecule has 0 amide bonds. The van der Waals surface area contributed by atoms with E-state index in [9.17, 15) is 23.5 Å². The molecule has 0 aliphatic carbocycles. The fraction of sp³-hybridized carbons (Fsp3) is 0.583. The fourth-order valence-electron chi connectivity index (χ4n) is 3.24. The first-order valence-corrected chi connectivity index (χ1v) is 13.0. The van der Waals surface area contributed by atoms with E-state index in [1.807, 2.05) is 6.92 Å². The molecule has 2 aromatic heterocycles. The third-order valence-corrected chi connectivity index (χ3v) is 8.04. The number of imidazole rings is 1. The van der Waals surface area contributed by atoms with Crippen LogP contribution in [0.3, 0.4) is 0 Å². The molecule has 0 spiro atoms. The van der Waals surface area contributed by atoms with Gasteiger partial charge in [0.15, 0.2) is 11.5 Å². The van der Waals surface area contributed by atoms with Gasteiger partial charge in [-0.15, -0.1) is 0 Å². The van der Waals surface area contributed by atoms with Crippen molar-refractivity contribution in [1.82, 2.24) is 19.5 Å². The normalized spacial score (nSPS) is 28.5. The van der Waals surface area contributed by atoms with E-state index in [1.165, 1.54) is 12.7 Å². The van der Waals surface area contributed by atoms with Crippen LogP contribution >= 0.6 is 23.5 Å². The monoisotopic (exact) mass is 503 g/mol. The predicted molar refractivity (Wildman–Crippen MR) is 102 cm³/mol. The SMILES string of the molecule is C[C@H]1C[C@@](C)(COP(=O)(O)OP(=O)(O)OP(=O)(O)O)O[C@H]1n1cnc2c(N)ncnc21. The second-order valence-corrected chi connectivity index (χ2v) is 11.5. The smallest absolute Gasteiger partial charge is 0.382 e. The van der Waals surface area contributed by atoms with Crippen molar-refractivity contribution in [3.05, 3.63) is 12.7 Å². The fourth-order valence-corrected chi connectivity index (χ4v) is 6.37. The van der Waals surface area contributed by atoms with Crippen LogP contribution in [0, 0.1) is 5.92 Å². The summed E-state index contributed by atoms with van der Waals surface area (Å²) in [6.07, 6.45) is 2.46.